The molecule has 0 aromatic heterocycles. The van der Waals surface area contributed by atoms with Crippen molar-refractivity contribution in [2.24, 2.45) is 5.92 Å². The van der Waals surface area contributed by atoms with Crippen molar-refractivity contribution < 1.29 is 52.5 Å². The van der Waals surface area contributed by atoms with E-state index in [2.05, 4.69) is 107 Å². The first-order chi connectivity index (χ1) is 48.9. The number of rotatable bonds is 28. The zero-order chi connectivity index (χ0) is 67.6. The zero-order valence-corrected chi connectivity index (χ0v) is 56.0. The van der Waals surface area contributed by atoms with Gasteiger partial charge >= 0.3 is 23.9 Å². The Kier molecular flexibility index (Phi) is 12.9. The summed E-state index contributed by atoms with van der Waals surface area (Å²) in [5.41, 5.74) is 8.25. The molecule has 17 heteroatoms. The Morgan fingerprint density at radius 3 is 1.23 bits per heavy atom. The molecule has 16 aromatic rings. The van der Waals surface area contributed by atoms with Crippen molar-refractivity contribution >= 4 is 188 Å². The lowest BCUT2D eigenvalue weighted by molar-refractivity contribution is -0.142. The van der Waals surface area contributed by atoms with Crippen LogP contribution in [0.2, 0.25) is 0 Å². The molecule has 4 unspecified atom stereocenters. The van der Waals surface area contributed by atoms with Crippen molar-refractivity contribution in [3.63, 3.8) is 0 Å². The fourth-order valence-corrected chi connectivity index (χ4v) is 20.8. The van der Waals surface area contributed by atoms with Crippen LogP contribution < -0.4 is 21.2 Å². The van der Waals surface area contributed by atoms with Gasteiger partial charge < -0.3 is 49.6 Å². The summed E-state index contributed by atoms with van der Waals surface area (Å²) in [5, 5.41) is 47.9. The summed E-state index contributed by atoms with van der Waals surface area (Å²) in [6, 6.07) is 35.4. The third kappa shape index (κ3) is 7.64. The molecule has 100 heavy (non-hydrogen) atoms. The second-order valence-electron chi connectivity index (χ2n) is 28.8. The average Bonchev–Trinajstić information content (AvgIpc) is 1.42. The number of amides is 3. The average molecular weight is 1330 g/mol. The summed E-state index contributed by atoms with van der Waals surface area (Å²) >= 11 is 0. The lowest BCUT2D eigenvalue weighted by Crippen LogP contribution is -2.53. The fraction of sp³-hybridized carbons (Fsp3) is 0.313. The van der Waals surface area contributed by atoms with Gasteiger partial charge in [0.15, 0.2) is 0 Å². The zero-order valence-electron chi connectivity index (χ0n) is 56.0. The van der Waals surface area contributed by atoms with E-state index in [1.165, 1.54) is 207 Å². The minimum atomic E-state index is -0.451. The maximum absolute atomic E-state index is 15.0. The summed E-state index contributed by atoms with van der Waals surface area (Å²) in [4.78, 5) is 96.1. The molecule has 0 fully saturated rings. The number of nitrogens with zero attached hydrogens (tertiary/aromatic N) is 3. The molecule has 4 atom stereocenters. The van der Waals surface area contributed by atoms with Gasteiger partial charge in [-0.1, -0.05) is 84.9 Å². The summed E-state index contributed by atoms with van der Waals surface area (Å²) in [5.74, 6) is -2.30. The highest BCUT2D eigenvalue weighted by atomic mass is 16.5. The molecule has 5 aliphatic carbocycles. The van der Waals surface area contributed by atoms with Gasteiger partial charge in [-0.15, -0.1) is 0 Å². The van der Waals surface area contributed by atoms with Crippen LogP contribution >= 0.6 is 0 Å². The predicted molar refractivity (Wildman–Crippen MR) is 390 cm³/mol. The number of hydrogen-bond donors (Lipinski definition) is 3. The van der Waals surface area contributed by atoms with E-state index in [1.807, 2.05) is 20.8 Å². The minimum absolute atomic E-state index is 0.0137. The SMILES string of the molecule is COC(=O)CCN(CCNC(=O)CCN(CCNC(=O)c1ccc2c(c1)C1c3ccccc3C2C23c4ccc5c6ccc7c8ccc9c%10ccc%11c(c%12c2c2c4c5c4c6c7c5c8c9c6c%10c%11c%12c7c2c4c5c67)=CC13)CCC(=O)NCCN(CCC(=O)OC)CCC(=O)OC)CCC(=O)OC. The van der Waals surface area contributed by atoms with E-state index < -0.39 is 5.41 Å². The Morgan fingerprint density at radius 2 is 0.750 bits per heavy atom. The van der Waals surface area contributed by atoms with E-state index in [9.17, 15) is 33.6 Å². The van der Waals surface area contributed by atoms with Gasteiger partial charge in [-0.25, -0.2) is 0 Å². The first kappa shape index (κ1) is 59.7. The molecule has 0 radical (unpaired) electrons. The van der Waals surface area contributed by atoms with E-state index in [4.69, 9.17) is 18.9 Å². The molecule has 21 rings (SSSR count). The minimum Gasteiger partial charge on any atom is -0.469 e. The van der Waals surface area contributed by atoms with Crippen molar-refractivity contribution in [1.29, 1.82) is 0 Å². The summed E-state index contributed by atoms with van der Waals surface area (Å²) in [6.45, 7) is 3.75. The molecule has 17 nitrogen and oxygen atoms in total. The Balaban J connectivity index is 0.623. The maximum atomic E-state index is 15.0. The third-order valence-corrected chi connectivity index (χ3v) is 24.6. The Labute approximate surface area is 571 Å². The van der Waals surface area contributed by atoms with Gasteiger partial charge in [0.1, 0.15) is 0 Å². The molecule has 0 aliphatic heterocycles. The summed E-state index contributed by atoms with van der Waals surface area (Å²) in [6.07, 6.45) is 3.40. The van der Waals surface area contributed by atoms with Gasteiger partial charge in [-0.05, 0) is 191 Å². The van der Waals surface area contributed by atoms with Gasteiger partial charge in [0, 0.05) is 120 Å². The molecule has 1 spiro atoms. The van der Waals surface area contributed by atoms with Crippen molar-refractivity contribution in [1.82, 2.24) is 30.7 Å². The molecule has 2 bridgehead atoms. The normalized spacial score (nSPS) is 17.7. The van der Waals surface area contributed by atoms with Gasteiger partial charge in [-0.2, -0.15) is 0 Å². The highest BCUT2D eigenvalue weighted by Gasteiger charge is 2.65. The van der Waals surface area contributed by atoms with E-state index in [-0.39, 0.29) is 131 Å². The van der Waals surface area contributed by atoms with Crippen molar-refractivity contribution in [3.05, 3.63) is 135 Å². The molecule has 498 valence electrons. The third-order valence-electron chi connectivity index (χ3n) is 24.6. The summed E-state index contributed by atoms with van der Waals surface area (Å²) < 4.78 is 19.4. The van der Waals surface area contributed by atoms with E-state index in [0.29, 0.717) is 51.4 Å². The Bertz CT molecular complexity index is 6030. The topological polar surface area (TPSA) is 202 Å². The van der Waals surface area contributed by atoms with E-state index in [1.54, 1.807) is 0 Å². The van der Waals surface area contributed by atoms with Gasteiger partial charge in [0.05, 0.1) is 54.1 Å². The van der Waals surface area contributed by atoms with Gasteiger partial charge in [-0.3, -0.25) is 33.6 Å². The monoisotopic (exact) mass is 1330 g/mol. The number of fused-ring (bicyclic) bond motifs is 4. The van der Waals surface area contributed by atoms with Crippen LogP contribution in [0.1, 0.15) is 94.1 Å². The van der Waals surface area contributed by atoms with Crippen LogP contribution in [0.25, 0.3) is 146 Å². The van der Waals surface area contributed by atoms with Crippen LogP contribution in [0.5, 0.6) is 0 Å². The highest BCUT2D eigenvalue weighted by molar-refractivity contribution is 6.67. The van der Waals surface area contributed by atoms with E-state index in [0.717, 1.165) is 0 Å². The Morgan fingerprint density at radius 1 is 0.370 bits per heavy atom. The van der Waals surface area contributed by atoms with Gasteiger partial charge in [0.2, 0.25) is 11.8 Å². The Hall–Kier alpha value is -10.3. The van der Waals surface area contributed by atoms with Crippen molar-refractivity contribution in [2.45, 2.75) is 55.8 Å². The number of ether oxygens (including phenoxy) is 4. The number of carbonyl (C=O) groups excluding carboxylic acids is 7. The molecule has 16 aromatic carbocycles. The largest absolute Gasteiger partial charge is 0.469 e. The van der Waals surface area contributed by atoms with E-state index >= 15 is 0 Å². The van der Waals surface area contributed by atoms with Crippen LogP contribution in [0.4, 0.5) is 0 Å². The molecular weight excluding hydrogens is 1260 g/mol. The lowest BCUT2D eigenvalue weighted by Gasteiger charge is -2.58. The number of hydrogen-bond acceptors (Lipinski definition) is 14. The van der Waals surface area contributed by atoms with Crippen LogP contribution in [-0.4, -0.2) is 163 Å². The second-order valence-corrected chi connectivity index (χ2v) is 28.8. The van der Waals surface area contributed by atoms with Crippen LogP contribution in [0.15, 0.2) is 91.0 Å². The smallest absolute Gasteiger partial charge is 0.306 e. The standard InChI is InChI=1S/C83H70N6O11/c1-97-56(92)21-30-88(31-22-57(93)98-2)34-25-84-54(90)19-28-87(29-20-55(91)85-26-35-89(32-23-58(94)99-3)33-24-59(95)100-4)36-27-86-82(96)39-9-10-49-50(37-39)60-40-7-5-6-8-48(40)80(49)83-52-18-17-46-45-14-13-42-41-11-12-43-44-15-16-47-51(38-53(60)83)68-73-66(47)65(44)71-62(43)61(41)70-63(42)64(45)72-67(46)69(52)79(81(68)83)78-76(72)74(70)75(71)77(73)78/h5-18,37-38,53,60,80H,19-36H2,1-4H3,(H,84,90)(H,85,91)(H,86,96). The number of carbonyl (C=O) groups is 7. The molecule has 0 heterocycles. The second kappa shape index (κ2) is 21.6. The first-order valence-electron chi connectivity index (χ1n) is 35.3. The molecule has 0 saturated carbocycles. The molecular formula is C83H70N6O11. The quantitative estimate of drug-likeness (QED) is 0.0237. The first-order valence-corrected chi connectivity index (χ1v) is 35.3. The summed E-state index contributed by atoms with van der Waals surface area (Å²) in [7, 11) is 5.30. The molecule has 0 saturated heterocycles. The van der Waals surface area contributed by atoms with Crippen LogP contribution in [0, 0.1) is 5.92 Å². The van der Waals surface area contributed by atoms with Crippen LogP contribution in [0.3, 0.4) is 0 Å². The number of nitrogens with one attached hydrogen (secondary N) is 3. The molecule has 3 N–H and O–H groups in total. The van der Waals surface area contributed by atoms with Crippen molar-refractivity contribution in [2.75, 3.05) is 107 Å². The number of esters is 4. The molecule has 5 aliphatic rings. The number of methoxy groups -OCH3 is 4. The van der Waals surface area contributed by atoms with Gasteiger partial charge in [0.25, 0.3) is 5.91 Å². The fourth-order valence-electron chi connectivity index (χ4n) is 20.8. The van der Waals surface area contributed by atoms with Crippen molar-refractivity contribution in [3.8, 4) is 0 Å². The molecule has 3 amide bonds. The maximum Gasteiger partial charge on any atom is 0.306 e. The lowest BCUT2D eigenvalue weighted by atomic mass is 9.43. The number of benzene rings is 11. The highest BCUT2D eigenvalue weighted by Crippen LogP contribution is 2.76. The van der Waals surface area contributed by atoms with Crippen LogP contribution in [-0.2, 0) is 53.1 Å². The predicted octanol–water partition coefficient (Wildman–Crippen LogP) is 11.0.